The SMILES string of the molecule is COc1c(Cl)cc(-c2cc3c(=O)[nH]c(C)nc3cc2C(C)C)cc1Cl. The fraction of sp³-hybridized carbons (Fsp3) is 0.263. The van der Waals surface area contributed by atoms with Crippen molar-refractivity contribution < 1.29 is 4.74 Å². The summed E-state index contributed by atoms with van der Waals surface area (Å²) in [5, 5.41) is 1.39. The molecule has 0 spiro atoms. The van der Waals surface area contributed by atoms with Crippen LogP contribution in [-0.4, -0.2) is 17.1 Å². The average Bonchev–Trinajstić information content (AvgIpc) is 2.53. The Kier molecular flexibility index (Phi) is 4.76. The van der Waals surface area contributed by atoms with E-state index in [0.29, 0.717) is 32.5 Å². The van der Waals surface area contributed by atoms with Crippen molar-refractivity contribution >= 4 is 34.1 Å². The third-order valence-corrected chi connectivity index (χ3v) is 4.69. The minimum atomic E-state index is -0.162. The van der Waals surface area contributed by atoms with E-state index in [1.807, 2.05) is 12.1 Å². The lowest BCUT2D eigenvalue weighted by atomic mass is 9.91. The first-order valence-electron chi connectivity index (χ1n) is 7.89. The van der Waals surface area contributed by atoms with Crippen LogP contribution in [0.15, 0.2) is 29.1 Å². The molecule has 0 saturated carbocycles. The fourth-order valence-corrected chi connectivity index (χ4v) is 3.60. The van der Waals surface area contributed by atoms with Gasteiger partial charge >= 0.3 is 0 Å². The molecule has 4 nitrogen and oxygen atoms in total. The highest BCUT2D eigenvalue weighted by Crippen LogP contribution is 2.40. The third-order valence-electron chi connectivity index (χ3n) is 4.13. The minimum absolute atomic E-state index is 0.162. The van der Waals surface area contributed by atoms with E-state index in [1.165, 1.54) is 7.11 Å². The summed E-state index contributed by atoms with van der Waals surface area (Å²) in [7, 11) is 1.52. The molecule has 0 amide bonds. The summed E-state index contributed by atoms with van der Waals surface area (Å²) in [6.07, 6.45) is 0. The lowest BCUT2D eigenvalue weighted by Crippen LogP contribution is -2.10. The van der Waals surface area contributed by atoms with Gasteiger partial charge in [-0.15, -0.1) is 0 Å². The Balaban J connectivity index is 2.35. The normalized spacial score (nSPS) is 11.3. The Labute approximate surface area is 155 Å². The number of aromatic nitrogens is 2. The van der Waals surface area contributed by atoms with Gasteiger partial charge in [0.2, 0.25) is 0 Å². The highest BCUT2D eigenvalue weighted by molar-refractivity contribution is 6.37. The summed E-state index contributed by atoms with van der Waals surface area (Å²) in [6, 6.07) is 7.41. The number of aromatic amines is 1. The van der Waals surface area contributed by atoms with Crippen LogP contribution in [0.2, 0.25) is 10.0 Å². The highest BCUT2D eigenvalue weighted by Gasteiger charge is 2.16. The zero-order valence-corrected chi connectivity index (χ0v) is 15.9. The van der Waals surface area contributed by atoms with Gasteiger partial charge in [-0.25, -0.2) is 4.98 Å². The molecule has 6 heteroatoms. The Morgan fingerprint density at radius 3 is 2.32 bits per heavy atom. The zero-order chi connectivity index (χ0) is 18.3. The molecule has 0 aliphatic rings. The Bertz CT molecular complexity index is 1000. The van der Waals surface area contributed by atoms with Crippen LogP contribution in [0.4, 0.5) is 0 Å². The monoisotopic (exact) mass is 376 g/mol. The van der Waals surface area contributed by atoms with E-state index in [4.69, 9.17) is 27.9 Å². The van der Waals surface area contributed by atoms with Crippen molar-refractivity contribution in [3.05, 3.63) is 56.1 Å². The van der Waals surface area contributed by atoms with Crippen molar-refractivity contribution in [3.8, 4) is 16.9 Å². The van der Waals surface area contributed by atoms with Gasteiger partial charge < -0.3 is 9.72 Å². The van der Waals surface area contributed by atoms with Crippen LogP contribution >= 0.6 is 23.2 Å². The van der Waals surface area contributed by atoms with Crippen molar-refractivity contribution in [2.75, 3.05) is 7.11 Å². The fourth-order valence-electron chi connectivity index (χ4n) is 2.96. The maximum absolute atomic E-state index is 12.3. The van der Waals surface area contributed by atoms with E-state index in [9.17, 15) is 4.79 Å². The van der Waals surface area contributed by atoms with Crippen molar-refractivity contribution in [1.82, 2.24) is 9.97 Å². The molecule has 0 aliphatic heterocycles. The predicted octanol–water partition coefficient (Wildman–Crippen LogP) is 5.34. The van der Waals surface area contributed by atoms with Crippen molar-refractivity contribution in [2.24, 2.45) is 0 Å². The van der Waals surface area contributed by atoms with Crippen molar-refractivity contribution in [2.45, 2.75) is 26.7 Å². The Hall–Kier alpha value is -2.04. The van der Waals surface area contributed by atoms with Crippen LogP contribution in [0.3, 0.4) is 0 Å². The maximum Gasteiger partial charge on any atom is 0.258 e. The van der Waals surface area contributed by atoms with E-state index in [2.05, 4.69) is 23.8 Å². The number of rotatable bonds is 3. The number of nitrogens with zero attached hydrogens (tertiary/aromatic N) is 1. The van der Waals surface area contributed by atoms with Crippen LogP contribution < -0.4 is 10.3 Å². The zero-order valence-electron chi connectivity index (χ0n) is 14.4. The van der Waals surface area contributed by atoms with Crippen LogP contribution in [0.1, 0.15) is 31.2 Å². The molecular weight excluding hydrogens is 359 g/mol. The second kappa shape index (κ2) is 6.70. The Morgan fingerprint density at radius 1 is 1.12 bits per heavy atom. The number of hydrogen-bond donors (Lipinski definition) is 1. The topological polar surface area (TPSA) is 55.0 Å². The predicted molar refractivity (Wildman–Crippen MR) is 103 cm³/mol. The molecule has 0 atom stereocenters. The largest absolute Gasteiger partial charge is 0.494 e. The molecule has 0 saturated heterocycles. The highest BCUT2D eigenvalue weighted by atomic mass is 35.5. The van der Waals surface area contributed by atoms with Gasteiger partial charge in [-0.2, -0.15) is 0 Å². The van der Waals surface area contributed by atoms with Crippen molar-refractivity contribution in [1.29, 1.82) is 0 Å². The number of methoxy groups -OCH3 is 1. The molecule has 25 heavy (non-hydrogen) atoms. The van der Waals surface area contributed by atoms with E-state index in [0.717, 1.165) is 16.7 Å². The van der Waals surface area contributed by atoms with Crippen LogP contribution in [0.25, 0.3) is 22.0 Å². The molecule has 1 heterocycles. The summed E-state index contributed by atoms with van der Waals surface area (Å²) in [5.74, 6) is 1.27. The first-order chi connectivity index (χ1) is 11.8. The third kappa shape index (κ3) is 3.24. The quantitative estimate of drug-likeness (QED) is 0.671. The van der Waals surface area contributed by atoms with E-state index >= 15 is 0 Å². The van der Waals surface area contributed by atoms with Gasteiger partial charge in [-0.1, -0.05) is 37.0 Å². The number of benzene rings is 2. The van der Waals surface area contributed by atoms with Gasteiger partial charge in [0.15, 0.2) is 5.75 Å². The first-order valence-corrected chi connectivity index (χ1v) is 8.65. The summed E-state index contributed by atoms with van der Waals surface area (Å²) < 4.78 is 5.22. The van der Waals surface area contributed by atoms with Gasteiger partial charge in [0.05, 0.1) is 28.1 Å². The molecule has 2 aromatic carbocycles. The second-order valence-electron chi connectivity index (χ2n) is 6.24. The summed E-state index contributed by atoms with van der Waals surface area (Å²) in [5.41, 5.74) is 3.33. The number of nitrogens with one attached hydrogen (secondary N) is 1. The van der Waals surface area contributed by atoms with Crippen molar-refractivity contribution in [3.63, 3.8) is 0 Å². The molecule has 0 radical (unpaired) electrons. The molecule has 3 rings (SSSR count). The molecule has 1 aromatic heterocycles. The Morgan fingerprint density at radius 2 is 1.76 bits per heavy atom. The van der Waals surface area contributed by atoms with Gasteiger partial charge in [0, 0.05) is 0 Å². The number of ether oxygens (including phenoxy) is 1. The van der Waals surface area contributed by atoms with Crippen LogP contribution in [0.5, 0.6) is 5.75 Å². The summed E-state index contributed by atoms with van der Waals surface area (Å²) in [4.78, 5) is 19.5. The molecule has 0 bridgehead atoms. The summed E-state index contributed by atoms with van der Waals surface area (Å²) >= 11 is 12.6. The van der Waals surface area contributed by atoms with Gasteiger partial charge in [-0.3, -0.25) is 4.79 Å². The van der Waals surface area contributed by atoms with Crippen LogP contribution in [0, 0.1) is 6.92 Å². The molecule has 1 N–H and O–H groups in total. The average molecular weight is 377 g/mol. The number of hydrogen-bond acceptors (Lipinski definition) is 3. The summed E-state index contributed by atoms with van der Waals surface area (Å²) in [6.45, 7) is 5.96. The number of fused-ring (bicyclic) bond motifs is 1. The molecule has 130 valence electrons. The molecule has 0 unspecified atom stereocenters. The van der Waals surface area contributed by atoms with E-state index in [1.54, 1.807) is 19.1 Å². The standard InChI is InChI=1S/C19H18Cl2N2O2/c1-9(2)12-8-17-14(19(24)23-10(3)22-17)7-13(12)11-5-15(20)18(25-4)16(21)6-11/h5-9H,1-4H3,(H,22,23,24). The molecule has 0 fully saturated rings. The van der Waals surface area contributed by atoms with Crippen LogP contribution in [-0.2, 0) is 0 Å². The van der Waals surface area contributed by atoms with Gasteiger partial charge in [-0.05, 0) is 53.8 Å². The molecule has 0 aliphatic carbocycles. The molecule has 3 aromatic rings. The number of halogens is 2. The second-order valence-corrected chi connectivity index (χ2v) is 7.05. The lowest BCUT2D eigenvalue weighted by Gasteiger charge is -2.16. The van der Waals surface area contributed by atoms with E-state index < -0.39 is 0 Å². The number of aryl methyl sites for hydroxylation is 1. The van der Waals surface area contributed by atoms with Gasteiger partial charge in [0.25, 0.3) is 5.56 Å². The molecular formula is C19H18Cl2N2O2. The first kappa shape index (κ1) is 17.8. The smallest absolute Gasteiger partial charge is 0.258 e. The van der Waals surface area contributed by atoms with E-state index in [-0.39, 0.29) is 11.5 Å². The van der Waals surface area contributed by atoms with Gasteiger partial charge in [0.1, 0.15) is 5.82 Å². The number of H-pyrrole nitrogens is 1. The maximum atomic E-state index is 12.3. The lowest BCUT2D eigenvalue weighted by molar-refractivity contribution is 0.415. The minimum Gasteiger partial charge on any atom is -0.494 e.